The molecule has 0 unspecified atom stereocenters. The van der Waals surface area contributed by atoms with Crippen molar-refractivity contribution in [1.29, 1.82) is 0 Å². The molecule has 0 saturated carbocycles. The Morgan fingerprint density at radius 3 is 1.54 bits per heavy atom. The van der Waals surface area contributed by atoms with Crippen molar-refractivity contribution < 1.29 is 0 Å². The smallest absolute Gasteiger partial charge is 0.0714 e. The highest BCUT2D eigenvalue weighted by Gasteiger charge is 2.46. The van der Waals surface area contributed by atoms with Gasteiger partial charge in [-0.2, -0.15) is 0 Å². The van der Waals surface area contributed by atoms with Crippen molar-refractivity contribution in [1.82, 2.24) is 4.57 Å². The van der Waals surface area contributed by atoms with Crippen molar-refractivity contribution >= 4 is 60.4 Å². The average Bonchev–Trinajstić information content (AvgIpc) is 3.81. The van der Waals surface area contributed by atoms with Crippen LogP contribution in [0, 0.1) is 0 Å². The summed E-state index contributed by atoms with van der Waals surface area (Å²) in [4.78, 5) is 2.47. The Morgan fingerprint density at radius 2 is 0.864 bits per heavy atom. The number of hydrogen-bond acceptors (Lipinski definition) is 1. The average molecular weight is 751 g/mol. The first kappa shape index (κ1) is 33.5. The van der Waals surface area contributed by atoms with Gasteiger partial charge in [-0.15, -0.1) is 0 Å². The van der Waals surface area contributed by atoms with Gasteiger partial charge in [0.2, 0.25) is 0 Å². The third kappa shape index (κ3) is 4.93. The second-order valence-corrected chi connectivity index (χ2v) is 15.6. The van der Waals surface area contributed by atoms with E-state index in [4.69, 9.17) is 0 Å². The number of anilines is 3. The third-order valence-corrected chi connectivity index (χ3v) is 12.6. The third-order valence-electron chi connectivity index (χ3n) is 12.6. The molecule has 1 heterocycles. The van der Waals surface area contributed by atoms with E-state index in [1.54, 1.807) is 0 Å². The number of fused-ring (bicyclic) bond motifs is 9. The number of para-hydroxylation sites is 2. The molecule has 0 fully saturated rings. The first-order valence-electron chi connectivity index (χ1n) is 20.4. The summed E-state index contributed by atoms with van der Waals surface area (Å²) in [6.45, 7) is 0. The van der Waals surface area contributed by atoms with Crippen molar-refractivity contribution in [3.05, 3.63) is 253 Å². The minimum absolute atomic E-state index is 0.512. The van der Waals surface area contributed by atoms with E-state index in [9.17, 15) is 0 Å². The van der Waals surface area contributed by atoms with Crippen LogP contribution in [-0.4, -0.2) is 4.57 Å². The van der Waals surface area contributed by atoms with Crippen molar-refractivity contribution in [3.63, 3.8) is 0 Å². The summed E-state index contributed by atoms with van der Waals surface area (Å²) in [5, 5.41) is 7.43. The normalized spacial score (nSPS) is 12.9. The number of aromatic nitrogens is 1. The Morgan fingerprint density at radius 1 is 0.339 bits per heavy atom. The van der Waals surface area contributed by atoms with Gasteiger partial charge in [0.05, 0.1) is 22.1 Å². The molecular weight excluding hydrogens is 713 g/mol. The molecule has 10 aromatic carbocycles. The molecule has 0 atom stereocenters. The molecular formula is C57H38N2. The first-order valence-corrected chi connectivity index (χ1v) is 20.4. The van der Waals surface area contributed by atoms with Gasteiger partial charge in [-0.05, 0) is 104 Å². The molecule has 1 aliphatic rings. The van der Waals surface area contributed by atoms with Crippen molar-refractivity contribution in [2.24, 2.45) is 0 Å². The van der Waals surface area contributed by atoms with Gasteiger partial charge >= 0.3 is 0 Å². The fraction of sp³-hybridized carbons (Fsp3) is 0.0175. The Bertz CT molecular complexity index is 3290. The summed E-state index contributed by atoms with van der Waals surface area (Å²) < 4.78 is 2.39. The van der Waals surface area contributed by atoms with E-state index in [1.807, 2.05) is 0 Å². The fourth-order valence-electron chi connectivity index (χ4n) is 10.2. The standard InChI is InChI=1S/C57H38N2/c1-2-18-40(19-3-1)57(52-29-12-8-24-47(52)48-25-9-13-30-53(48)57)41-20-16-21-44(38-41)58(56-37-39-17-4-5-22-45(39)46-23-6-7-26-49(46)56)42-33-35-43(36-34-42)59-54-31-14-10-27-50(54)51-28-11-15-32-55(51)59/h1-38H. The van der Waals surface area contributed by atoms with Crippen LogP contribution in [0.25, 0.3) is 60.2 Å². The van der Waals surface area contributed by atoms with E-state index >= 15 is 0 Å². The number of nitrogens with zero attached hydrogens (tertiary/aromatic N) is 2. The molecule has 2 nitrogen and oxygen atoms in total. The predicted octanol–water partition coefficient (Wildman–Crippen LogP) is 14.9. The molecule has 0 aliphatic heterocycles. The van der Waals surface area contributed by atoms with Crippen LogP contribution in [0.4, 0.5) is 17.1 Å². The van der Waals surface area contributed by atoms with Gasteiger partial charge < -0.3 is 9.47 Å². The lowest BCUT2D eigenvalue weighted by molar-refractivity contribution is 0.768. The predicted molar refractivity (Wildman–Crippen MR) is 248 cm³/mol. The topological polar surface area (TPSA) is 8.17 Å². The molecule has 0 N–H and O–H groups in total. The molecule has 59 heavy (non-hydrogen) atoms. The molecule has 0 radical (unpaired) electrons. The first-order chi connectivity index (χ1) is 29.3. The molecule has 276 valence electrons. The van der Waals surface area contributed by atoms with E-state index < -0.39 is 5.41 Å². The Labute approximate surface area is 343 Å². The van der Waals surface area contributed by atoms with E-state index in [0.717, 1.165) is 22.7 Å². The largest absolute Gasteiger partial charge is 0.310 e. The van der Waals surface area contributed by atoms with Crippen LogP contribution in [0.15, 0.2) is 231 Å². The lowest BCUT2D eigenvalue weighted by Gasteiger charge is -2.35. The second kappa shape index (κ2) is 13.2. The fourth-order valence-corrected chi connectivity index (χ4v) is 10.2. The highest BCUT2D eigenvalue weighted by molar-refractivity contribution is 6.15. The quantitative estimate of drug-likeness (QED) is 0.154. The summed E-state index contributed by atoms with van der Waals surface area (Å²) >= 11 is 0. The van der Waals surface area contributed by atoms with Gasteiger partial charge in [-0.3, -0.25) is 0 Å². The molecule has 11 aromatic rings. The highest BCUT2D eigenvalue weighted by Crippen LogP contribution is 2.56. The van der Waals surface area contributed by atoms with Gasteiger partial charge in [-0.25, -0.2) is 0 Å². The van der Waals surface area contributed by atoms with Crippen LogP contribution in [-0.2, 0) is 5.41 Å². The van der Waals surface area contributed by atoms with Crippen LogP contribution in [0.5, 0.6) is 0 Å². The van der Waals surface area contributed by atoms with E-state index in [2.05, 4.69) is 240 Å². The number of rotatable bonds is 6. The Balaban J connectivity index is 1.12. The molecule has 1 aliphatic carbocycles. The summed E-state index contributed by atoms with van der Waals surface area (Å²) in [6.07, 6.45) is 0. The van der Waals surface area contributed by atoms with Gasteiger partial charge in [0, 0.05) is 33.2 Å². The van der Waals surface area contributed by atoms with E-state index in [-0.39, 0.29) is 0 Å². The zero-order chi connectivity index (χ0) is 38.9. The zero-order valence-corrected chi connectivity index (χ0v) is 32.3. The van der Waals surface area contributed by atoms with Gasteiger partial charge in [0.15, 0.2) is 0 Å². The molecule has 0 spiro atoms. The second-order valence-electron chi connectivity index (χ2n) is 15.6. The molecule has 0 amide bonds. The van der Waals surface area contributed by atoms with Crippen LogP contribution >= 0.6 is 0 Å². The van der Waals surface area contributed by atoms with E-state index in [0.29, 0.717) is 0 Å². The molecule has 12 rings (SSSR count). The highest BCUT2D eigenvalue weighted by atomic mass is 15.1. The monoisotopic (exact) mass is 750 g/mol. The maximum Gasteiger partial charge on any atom is 0.0714 e. The van der Waals surface area contributed by atoms with Crippen LogP contribution in [0.2, 0.25) is 0 Å². The van der Waals surface area contributed by atoms with Gasteiger partial charge in [0.25, 0.3) is 0 Å². The van der Waals surface area contributed by atoms with Crippen LogP contribution in [0.3, 0.4) is 0 Å². The zero-order valence-electron chi connectivity index (χ0n) is 32.3. The number of hydrogen-bond donors (Lipinski definition) is 0. The lowest BCUT2D eigenvalue weighted by atomic mass is 9.67. The molecule has 0 bridgehead atoms. The SMILES string of the molecule is c1ccc(C2(c3cccc(N(c4ccc(-n5c6ccccc6c6ccccc65)cc4)c4cc5ccccc5c5ccccc45)c3)c3ccccc3-c3ccccc32)cc1. The summed E-state index contributed by atoms with van der Waals surface area (Å²) in [6, 6.07) is 84.9. The maximum absolute atomic E-state index is 2.47. The summed E-state index contributed by atoms with van der Waals surface area (Å²) in [7, 11) is 0. The minimum atomic E-state index is -0.512. The maximum atomic E-state index is 2.47. The summed E-state index contributed by atoms with van der Waals surface area (Å²) in [5.74, 6) is 0. The van der Waals surface area contributed by atoms with Crippen molar-refractivity contribution in [2.45, 2.75) is 5.41 Å². The van der Waals surface area contributed by atoms with Crippen LogP contribution < -0.4 is 4.90 Å². The molecule has 2 heteroatoms. The summed E-state index contributed by atoms with van der Waals surface area (Å²) in [5.41, 5.74) is 14.0. The van der Waals surface area contributed by atoms with Crippen LogP contribution in [0.1, 0.15) is 22.3 Å². The van der Waals surface area contributed by atoms with E-state index in [1.165, 1.54) is 76.7 Å². The minimum Gasteiger partial charge on any atom is -0.310 e. The van der Waals surface area contributed by atoms with Crippen molar-refractivity contribution in [2.75, 3.05) is 4.90 Å². The number of benzene rings is 10. The Hall–Kier alpha value is -7.68. The van der Waals surface area contributed by atoms with Crippen molar-refractivity contribution in [3.8, 4) is 16.8 Å². The van der Waals surface area contributed by atoms with Gasteiger partial charge in [-0.1, -0.05) is 176 Å². The molecule has 1 aromatic heterocycles. The van der Waals surface area contributed by atoms with Gasteiger partial charge in [0.1, 0.15) is 0 Å². The Kier molecular flexibility index (Phi) is 7.48. The molecule has 0 saturated heterocycles. The lowest BCUT2D eigenvalue weighted by Crippen LogP contribution is -2.28.